The third-order valence-corrected chi connectivity index (χ3v) is 1.75. The van der Waals surface area contributed by atoms with Crippen molar-refractivity contribution in [3.8, 4) is 0 Å². The van der Waals surface area contributed by atoms with Gasteiger partial charge >= 0.3 is 6.18 Å². The summed E-state index contributed by atoms with van der Waals surface area (Å²) in [6, 6.07) is 2.44. The molecule has 0 atom stereocenters. The first-order chi connectivity index (χ1) is 6.95. The molecule has 0 amide bonds. The van der Waals surface area contributed by atoms with E-state index in [-0.39, 0.29) is 12.0 Å². The molecule has 0 aliphatic rings. The molecule has 0 unspecified atom stereocenters. The van der Waals surface area contributed by atoms with Gasteiger partial charge in [-0.25, -0.2) is 4.39 Å². The molecule has 0 bridgehead atoms. The molecule has 0 fully saturated rings. The van der Waals surface area contributed by atoms with Crippen LogP contribution in [0, 0.1) is 5.82 Å². The molecule has 0 spiro atoms. The maximum atomic E-state index is 12.8. The van der Waals surface area contributed by atoms with E-state index in [1.165, 1.54) is 0 Å². The molecule has 0 aliphatic carbocycles. The molecule has 0 heterocycles. The fraction of sp³-hybridized carbons (Fsp3) is 0.455. The Hall–Kier alpha value is -1.06. The lowest BCUT2D eigenvalue weighted by atomic mass is 10.1. The molecule has 0 N–H and O–H groups in total. The third-order valence-electron chi connectivity index (χ3n) is 1.75. The highest BCUT2D eigenvalue weighted by atomic mass is 19.4. The van der Waals surface area contributed by atoms with Crippen LogP contribution in [0.5, 0.6) is 0 Å². The van der Waals surface area contributed by atoms with Gasteiger partial charge in [-0.15, -0.1) is 0 Å². The predicted octanol–water partition coefficient (Wildman–Crippen LogP) is 4.43. The maximum absolute atomic E-state index is 12.8. The Labute approximate surface area is 86.9 Å². The van der Waals surface area contributed by atoms with E-state index in [9.17, 15) is 17.6 Å². The maximum Gasteiger partial charge on any atom is 0.416 e. The molecule has 0 nitrogen and oxygen atoms in total. The van der Waals surface area contributed by atoms with E-state index in [1.807, 2.05) is 13.8 Å². The van der Waals surface area contributed by atoms with Crippen molar-refractivity contribution in [2.24, 2.45) is 0 Å². The molecule has 1 rings (SSSR count). The van der Waals surface area contributed by atoms with Crippen LogP contribution in [-0.2, 0) is 12.6 Å². The first kappa shape index (κ1) is 13.9. The normalized spacial score (nSPS) is 10.6. The van der Waals surface area contributed by atoms with Gasteiger partial charge in [0.1, 0.15) is 5.82 Å². The summed E-state index contributed by atoms with van der Waals surface area (Å²) >= 11 is 0. The molecule has 0 saturated heterocycles. The van der Waals surface area contributed by atoms with Crippen LogP contribution in [0.25, 0.3) is 0 Å². The van der Waals surface area contributed by atoms with E-state index in [4.69, 9.17) is 0 Å². The van der Waals surface area contributed by atoms with E-state index >= 15 is 0 Å². The van der Waals surface area contributed by atoms with Crippen molar-refractivity contribution < 1.29 is 17.6 Å². The summed E-state index contributed by atoms with van der Waals surface area (Å²) in [4.78, 5) is 0. The summed E-state index contributed by atoms with van der Waals surface area (Å²) in [5.41, 5.74) is -0.708. The van der Waals surface area contributed by atoms with Crippen molar-refractivity contribution in [1.82, 2.24) is 0 Å². The van der Waals surface area contributed by atoms with Crippen LogP contribution in [0.1, 0.15) is 31.9 Å². The topological polar surface area (TPSA) is 0 Å². The number of hydrogen-bond donors (Lipinski definition) is 0. The van der Waals surface area contributed by atoms with Crippen molar-refractivity contribution in [1.29, 1.82) is 0 Å². The van der Waals surface area contributed by atoms with Crippen LogP contribution < -0.4 is 0 Å². The van der Waals surface area contributed by atoms with Gasteiger partial charge in [-0.3, -0.25) is 0 Å². The van der Waals surface area contributed by atoms with Crippen molar-refractivity contribution in [3.63, 3.8) is 0 Å². The highest BCUT2D eigenvalue weighted by Crippen LogP contribution is 2.30. The Morgan fingerprint density at radius 3 is 2.07 bits per heavy atom. The van der Waals surface area contributed by atoms with E-state index in [0.717, 1.165) is 18.2 Å². The zero-order valence-corrected chi connectivity index (χ0v) is 8.95. The molecule has 0 radical (unpaired) electrons. The second-order valence-corrected chi connectivity index (χ2v) is 2.66. The number of rotatable bonds is 1. The van der Waals surface area contributed by atoms with Gasteiger partial charge in [-0.1, -0.05) is 20.8 Å². The highest BCUT2D eigenvalue weighted by molar-refractivity contribution is 5.26. The first-order valence-electron chi connectivity index (χ1n) is 4.80. The Balaban J connectivity index is 0.000000921. The summed E-state index contributed by atoms with van der Waals surface area (Å²) in [7, 11) is 0. The summed E-state index contributed by atoms with van der Waals surface area (Å²) in [6.45, 7) is 5.61. The molecule has 0 aliphatic heterocycles. The average Bonchev–Trinajstić information content (AvgIpc) is 2.20. The molecular formula is C11H14F4. The summed E-state index contributed by atoms with van der Waals surface area (Å²) in [5.74, 6) is -0.587. The SMILES string of the molecule is CC.CCc1cc(C(F)(F)F)ccc1F. The lowest BCUT2D eigenvalue weighted by Crippen LogP contribution is -2.06. The third kappa shape index (κ3) is 3.90. The monoisotopic (exact) mass is 222 g/mol. The van der Waals surface area contributed by atoms with Gasteiger partial charge in [-0.2, -0.15) is 13.2 Å². The second-order valence-electron chi connectivity index (χ2n) is 2.66. The van der Waals surface area contributed by atoms with Crippen LogP contribution >= 0.6 is 0 Å². The van der Waals surface area contributed by atoms with Crippen LogP contribution in [0.3, 0.4) is 0 Å². The predicted molar refractivity (Wildman–Crippen MR) is 52.1 cm³/mol. The highest BCUT2D eigenvalue weighted by Gasteiger charge is 2.30. The summed E-state index contributed by atoms with van der Waals surface area (Å²) in [5, 5.41) is 0. The van der Waals surface area contributed by atoms with Crippen LogP contribution in [0.4, 0.5) is 17.6 Å². The quantitative estimate of drug-likeness (QED) is 0.616. The molecule has 86 valence electrons. The zero-order valence-electron chi connectivity index (χ0n) is 8.95. The minimum Gasteiger partial charge on any atom is -0.207 e. The van der Waals surface area contributed by atoms with Crippen LogP contribution in [-0.4, -0.2) is 0 Å². The summed E-state index contributed by atoms with van der Waals surface area (Å²) in [6.07, 6.45) is -4.13. The Bertz CT molecular complexity index is 302. The van der Waals surface area contributed by atoms with Gasteiger partial charge in [0.15, 0.2) is 0 Å². The molecule has 1 aromatic rings. The van der Waals surface area contributed by atoms with Crippen molar-refractivity contribution in [2.45, 2.75) is 33.4 Å². The fourth-order valence-corrected chi connectivity index (χ4v) is 1.02. The fourth-order valence-electron chi connectivity index (χ4n) is 1.02. The molecule has 4 heteroatoms. The van der Waals surface area contributed by atoms with E-state index in [1.54, 1.807) is 6.92 Å². The average molecular weight is 222 g/mol. The standard InChI is InChI=1S/C9H8F4.C2H6/c1-2-6-5-7(9(11,12)13)3-4-8(6)10;1-2/h3-5H,2H2,1H3;1-2H3. The van der Waals surface area contributed by atoms with Crippen LogP contribution in [0.15, 0.2) is 18.2 Å². The van der Waals surface area contributed by atoms with Crippen molar-refractivity contribution in [3.05, 3.63) is 35.1 Å². The second kappa shape index (κ2) is 5.73. The van der Waals surface area contributed by atoms with Gasteiger partial charge in [0.2, 0.25) is 0 Å². The smallest absolute Gasteiger partial charge is 0.207 e. The number of aryl methyl sites for hydroxylation is 1. The molecule has 0 aromatic heterocycles. The molecule has 15 heavy (non-hydrogen) atoms. The van der Waals surface area contributed by atoms with Crippen molar-refractivity contribution in [2.75, 3.05) is 0 Å². The van der Waals surface area contributed by atoms with Gasteiger partial charge in [-0.05, 0) is 30.2 Å². The largest absolute Gasteiger partial charge is 0.416 e. The first-order valence-corrected chi connectivity index (χ1v) is 4.80. The lowest BCUT2D eigenvalue weighted by molar-refractivity contribution is -0.137. The van der Waals surface area contributed by atoms with Gasteiger partial charge in [0, 0.05) is 0 Å². The van der Waals surface area contributed by atoms with Crippen molar-refractivity contribution >= 4 is 0 Å². The van der Waals surface area contributed by atoms with E-state index < -0.39 is 17.6 Å². The number of halogens is 4. The van der Waals surface area contributed by atoms with Gasteiger partial charge in [0.25, 0.3) is 0 Å². The number of alkyl halides is 3. The minimum absolute atomic E-state index is 0.0924. The molecule has 1 aromatic carbocycles. The molecule has 0 saturated carbocycles. The van der Waals surface area contributed by atoms with E-state index in [0.29, 0.717) is 0 Å². The minimum atomic E-state index is -4.39. The van der Waals surface area contributed by atoms with Gasteiger partial charge < -0.3 is 0 Å². The number of benzene rings is 1. The summed E-state index contributed by atoms with van der Waals surface area (Å²) < 4.78 is 49.1. The van der Waals surface area contributed by atoms with Gasteiger partial charge in [0.05, 0.1) is 5.56 Å². The Morgan fingerprint density at radius 2 is 1.67 bits per heavy atom. The molecular weight excluding hydrogens is 208 g/mol. The zero-order chi connectivity index (χ0) is 12.1. The van der Waals surface area contributed by atoms with E-state index in [2.05, 4.69) is 0 Å². The Morgan fingerprint density at radius 1 is 1.13 bits per heavy atom. The van der Waals surface area contributed by atoms with Crippen LogP contribution in [0.2, 0.25) is 0 Å². The lowest BCUT2D eigenvalue weighted by Gasteiger charge is -2.08. The Kier molecular flexibility index (Phi) is 5.33. The number of hydrogen-bond acceptors (Lipinski definition) is 0.